The lowest BCUT2D eigenvalue weighted by molar-refractivity contribution is -0.274. The third kappa shape index (κ3) is 5.19. The van der Waals surface area contributed by atoms with Crippen LogP contribution in [0.2, 0.25) is 0 Å². The third-order valence-electron chi connectivity index (χ3n) is 3.03. The normalized spacial score (nSPS) is 15.4. The van der Waals surface area contributed by atoms with E-state index in [1.54, 1.807) is 20.8 Å². The number of hydrogen-bond donors (Lipinski definition) is 0. The maximum absolute atomic E-state index is 12.1. The molecule has 1 amide bonds. The number of hydrogen-bond acceptors (Lipinski definition) is 3. The van der Waals surface area contributed by atoms with Crippen LogP contribution in [-0.4, -0.2) is 36.0 Å². The number of halogens is 3. The zero-order chi connectivity index (χ0) is 17.3. The van der Waals surface area contributed by atoms with Crippen molar-refractivity contribution in [2.75, 3.05) is 13.1 Å². The number of amides is 1. The predicted octanol–water partition coefficient (Wildman–Crippen LogP) is 4.22. The van der Waals surface area contributed by atoms with Crippen molar-refractivity contribution in [3.63, 3.8) is 0 Å². The van der Waals surface area contributed by atoms with Gasteiger partial charge in [0.2, 0.25) is 0 Å². The number of carbonyl (C=O) groups is 1. The van der Waals surface area contributed by atoms with E-state index >= 15 is 0 Å². The Morgan fingerprint density at radius 2 is 1.74 bits per heavy atom. The van der Waals surface area contributed by atoms with E-state index in [0.29, 0.717) is 13.1 Å². The summed E-state index contributed by atoms with van der Waals surface area (Å²) in [6, 6.07) is 5.57. The maximum atomic E-state index is 12.1. The third-order valence-corrected chi connectivity index (χ3v) is 3.03. The van der Waals surface area contributed by atoms with Gasteiger partial charge in [0.1, 0.15) is 11.4 Å². The molecule has 2 rings (SSSR count). The second-order valence-electron chi connectivity index (χ2n) is 6.16. The summed E-state index contributed by atoms with van der Waals surface area (Å²) >= 11 is 0. The van der Waals surface area contributed by atoms with Crippen LogP contribution in [0, 0.1) is 0 Å². The van der Waals surface area contributed by atoms with E-state index < -0.39 is 18.1 Å². The van der Waals surface area contributed by atoms with Crippen molar-refractivity contribution in [1.82, 2.24) is 4.90 Å². The number of nitrogens with zero attached hydrogens (tertiary/aromatic N) is 1. The van der Waals surface area contributed by atoms with Gasteiger partial charge in [-0.1, -0.05) is 18.2 Å². The Bertz CT molecular complexity index is 600. The molecule has 4 nitrogen and oxygen atoms in total. The Kier molecular flexibility index (Phi) is 4.58. The van der Waals surface area contributed by atoms with Crippen LogP contribution in [0.25, 0.3) is 5.57 Å². The van der Waals surface area contributed by atoms with Crippen molar-refractivity contribution in [3.8, 4) is 5.75 Å². The van der Waals surface area contributed by atoms with E-state index in [4.69, 9.17) is 4.74 Å². The van der Waals surface area contributed by atoms with Gasteiger partial charge in [0.05, 0.1) is 0 Å². The summed E-state index contributed by atoms with van der Waals surface area (Å²) in [6.07, 6.45) is -3.27. The molecule has 126 valence electrons. The van der Waals surface area contributed by atoms with E-state index in [1.807, 2.05) is 6.08 Å². The average molecular weight is 329 g/mol. The molecule has 1 aliphatic heterocycles. The molecular weight excluding hydrogens is 311 g/mol. The van der Waals surface area contributed by atoms with Gasteiger partial charge in [-0.15, -0.1) is 13.2 Å². The van der Waals surface area contributed by atoms with Gasteiger partial charge in [-0.25, -0.2) is 4.79 Å². The standard InChI is InChI=1S/C16H18F3NO3/c1-15(2,3)23-14(21)20-9-8-12(10-20)11-4-6-13(7-5-11)22-16(17,18)19/h4-8H,9-10H2,1-3H3. The Morgan fingerprint density at radius 1 is 1.13 bits per heavy atom. The van der Waals surface area contributed by atoms with Crippen molar-refractivity contribution in [2.45, 2.75) is 32.7 Å². The summed E-state index contributed by atoms with van der Waals surface area (Å²) < 4.78 is 45.5. The Labute approximate surface area is 132 Å². The lowest BCUT2D eigenvalue weighted by Gasteiger charge is -2.24. The molecule has 1 aromatic carbocycles. The van der Waals surface area contributed by atoms with Crippen LogP contribution < -0.4 is 4.74 Å². The second-order valence-corrected chi connectivity index (χ2v) is 6.16. The minimum absolute atomic E-state index is 0.274. The van der Waals surface area contributed by atoms with Crippen molar-refractivity contribution in [1.29, 1.82) is 0 Å². The minimum Gasteiger partial charge on any atom is -0.444 e. The number of rotatable bonds is 2. The smallest absolute Gasteiger partial charge is 0.444 e. The zero-order valence-corrected chi connectivity index (χ0v) is 13.1. The van der Waals surface area contributed by atoms with Gasteiger partial charge >= 0.3 is 12.5 Å². The number of carbonyl (C=O) groups excluding carboxylic acids is 1. The lowest BCUT2D eigenvalue weighted by Crippen LogP contribution is -2.35. The molecule has 0 atom stereocenters. The quantitative estimate of drug-likeness (QED) is 0.815. The van der Waals surface area contributed by atoms with Crippen LogP contribution in [0.5, 0.6) is 5.75 Å². The first kappa shape index (κ1) is 17.2. The summed E-state index contributed by atoms with van der Waals surface area (Å²) in [4.78, 5) is 13.5. The van der Waals surface area contributed by atoms with E-state index in [0.717, 1.165) is 11.1 Å². The van der Waals surface area contributed by atoms with Crippen LogP contribution in [0.3, 0.4) is 0 Å². The summed E-state index contributed by atoms with van der Waals surface area (Å²) in [7, 11) is 0. The summed E-state index contributed by atoms with van der Waals surface area (Å²) in [5, 5.41) is 0. The fourth-order valence-corrected chi connectivity index (χ4v) is 2.10. The SMILES string of the molecule is CC(C)(C)OC(=O)N1CC=C(c2ccc(OC(F)(F)F)cc2)C1. The van der Waals surface area contributed by atoms with Gasteiger partial charge in [0.25, 0.3) is 0 Å². The highest BCUT2D eigenvalue weighted by Gasteiger charge is 2.31. The van der Waals surface area contributed by atoms with Crippen molar-refractivity contribution in [3.05, 3.63) is 35.9 Å². The topological polar surface area (TPSA) is 38.8 Å². The summed E-state index contributed by atoms with van der Waals surface area (Å²) in [5.74, 6) is -0.274. The molecular formula is C16H18F3NO3. The fourth-order valence-electron chi connectivity index (χ4n) is 2.10. The fraction of sp³-hybridized carbons (Fsp3) is 0.438. The minimum atomic E-state index is -4.71. The molecule has 23 heavy (non-hydrogen) atoms. The van der Waals surface area contributed by atoms with Crippen LogP contribution >= 0.6 is 0 Å². The molecule has 0 saturated carbocycles. The Hall–Kier alpha value is -2.18. The number of benzene rings is 1. The second kappa shape index (κ2) is 6.14. The van der Waals surface area contributed by atoms with E-state index in [1.165, 1.54) is 29.2 Å². The largest absolute Gasteiger partial charge is 0.573 e. The van der Waals surface area contributed by atoms with Gasteiger partial charge in [-0.3, -0.25) is 0 Å². The molecule has 1 aliphatic rings. The first-order valence-corrected chi connectivity index (χ1v) is 7.07. The Morgan fingerprint density at radius 3 is 2.26 bits per heavy atom. The van der Waals surface area contributed by atoms with E-state index in [2.05, 4.69) is 4.74 Å². The molecule has 0 spiro atoms. The van der Waals surface area contributed by atoms with Crippen molar-refractivity contribution in [2.24, 2.45) is 0 Å². The van der Waals surface area contributed by atoms with Crippen LogP contribution in [0.4, 0.5) is 18.0 Å². The molecule has 1 heterocycles. The highest BCUT2D eigenvalue weighted by atomic mass is 19.4. The molecule has 0 aromatic heterocycles. The van der Waals surface area contributed by atoms with Crippen LogP contribution in [0.15, 0.2) is 30.3 Å². The molecule has 0 bridgehead atoms. The van der Waals surface area contributed by atoms with Gasteiger partial charge in [-0.05, 0) is 44.0 Å². The number of alkyl halides is 3. The first-order valence-electron chi connectivity index (χ1n) is 7.07. The van der Waals surface area contributed by atoms with Gasteiger partial charge in [0.15, 0.2) is 0 Å². The molecule has 0 saturated heterocycles. The molecule has 0 unspecified atom stereocenters. The molecule has 0 aliphatic carbocycles. The molecule has 1 aromatic rings. The van der Waals surface area contributed by atoms with Gasteiger partial charge in [-0.2, -0.15) is 0 Å². The predicted molar refractivity (Wildman–Crippen MR) is 78.9 cm³/mol. The van der Waals surface area contributed by atoms with E-state index in [9.17, 15) is 18.0 Å². The maximum Gasteiger partial charge on any atom is 0.573 e. The summed E-state index contributed by atoms with van der Waals surface area (Å²) in [5.41, 5.74) is 1.02. The molecule has 0 fully saturated rings. The van der Waals surface area contributed by atoms with Crippen molar-refractivity contribution >= 4 is 11.7 Å². The molecule has 0 radical (unpaired) electrons. The zero-order valence-electron chi connectivity index (χ0n) is 13.1. The summed E-state index contributed by atoms with van der Waals surface area (Å²) in [6.45, 7) is 6.12. The Balaban J connectivity index is 1.98. The monoisotopic (exact) mass is 329 g/mol. The molecule has 0 N–H and O–H groups in total. The average Bonchev–Trinajstić information content (AvgIpc) is 2.85. The highest BCUT2D eigenvalue weighted by Crippen LogP contribution is 2.27. The van der Waals surface area contributed by atoms with Gasteiger partial charge in [0, 0.05) is 13.1 Å². The van der Waals surface area contributed by atoms with Crippen LogP contribution in [-0.2, 0) is 4.74 Å². The van der Waals surface area contributed by atoms with Gasteiger partial charge < -0.3 is 14.4 Å². The highest BCUT2D eigenvalue weighted by molar-refractivity contribution is 5.77. The van der Waals surface area contributed by atoms with Crippen molar-refractivity contribution < 1.29 is 27.4 Å². The number of ether oxygens (including phenoxy) is 2. The lowest BCUT2D eigenvalue weighted by atomic mass is 10.1. The molecule has 7 heteroatoms. The van der Waals surface area contributed by atoms with Crippen LogP contribution in [0.1, 0.15) is 26.3 Å². The first-order chi connectivity index (χ1) is 10.5. The van der Waals surface area contributed by atoms with E-state index in [-0.39, 0.29) is 5.75 Å².